The van der Waals surface area contributed by atoms with Crippen LogP contribution in [0.15, 0.2) is 0 Å². The Bertz CT molecular complexity index is 1130. The summed E-state index contributed by atoms with van der Waals surface area (Å²) in [5.74, 6) is -2.41. The molecule has 1 saturated heterocycles. The monoisotopic (exact) mass is 662 g/mol. The zero-order valence-corrected chi connectivity index (χ0v) is 29.2. The molecule has 2 aliphatic carbocycles. The lowest BCUT2D eigenvalue weighted by atomic mass is 9.80. The number of nitrogens with two attached hydrogens (primary N) is 1. The first-order valence-corrected chi connectivity index (χ1v) is 17.5. The second-order valence-corrected chi connectivity index (χ2v) is 15.1. The first kappa shape index (κ1) is 38.1. The van der Waals surface area contributed by atoms with Gasteiger partial charge in [0.05, 0.1) is 12.1 Å². The molecule has 5 atom stereocenters. The smallest absolute Gasteiger partial charge is 0.407 e. The maximum Gasteiger partial charge on any atom is 0.407 e. The van der Waals surface area contributed by atoms with Gasteiger partial charge >= 0.3 is 12.1 Å². The first-order valence-electron chi connectivity index (χ1n) is 17.5. The van der Waals surface area contributed by atoms with E-state index in [4.69, 9.17) is 10.5 Å². The van der Waals surface area contributed by atoms with Gasteiger partial charge in [-0.05, 0) is 61.7 Å². The standard InChI is InChI=1S/C34H58N6O7/c1-7-36-33(46)47-19-26(34(4,5)6)38-32(45)39-27(22-14-9-8-10-15-22)31(44)40-18-23(20(2)3)17-25(40)30(43)37-24(28(41)29(35)42)16-21-12-11-13-21/h20-27H,7-19H2,1-6H3,(H2,35,42)(H,36,46)(H,37,43)(H2,38,39,45)/t23-,24?,25?,26?,27?/m1/s1. The average molecular weight is 663 g/mol. The predicted molar refractivity (Wildman–Crippen MR) is 177 cm³/mol. The molecule has 0 aromatic heterocycles. The maximum atomic E-state index is 14.5. The quantitative estimate of drug-likeness (QED) is 0.177. The number of ether oxygens (including phenoxy) is 1. The van der Waals surface area contributed by atoms with Gasteiger partial charge in [-0.25, -0.2) is 9.59 Å². The van der Waals surface area contributed by atoms with Crippen LogP contribution >= 0.6 is 0 Å². The molecule has 0 bridgehead atoms. The van der Waals surface area contributed by atoms with Gasteiger partial charge in [-0.2, -0.15) is 0 Å². The molecule has 47 heavy (non-hydrogen) atoms. The second-order valence-electron chi connectivity index (χ2n) is 15.1. The van der Waals surface area contributed by atoms with Crippen LogP contribution in [-0.4, -0.2) is 84.4 Å². The predicted octanol–water partition coefficient (Wildman–Crippen LogP) is 3.00. The fourth-order valence-electron chi connectivity index (χ4n) is 6.81. The topological polar surface area (TPSA) is 189 Å². The van der Waals surface area contributed by atoms with Crippen molar-refractivity contribution in [2.75, 3.05) is 19.7 Å². The van der Waals surface area contributed by atoms with Gasteiger partial charge in [0.15, 0.2) is 0 Å². The molecule has 1 aliphatic heterocycles. The van der Waals surface area contributed by atoms with Gasteiger partial charge in [-0.3, -0.25) is 19.2 Å². The fourth-order valence-corrected chi connectivity index (χ4v) is 6.81. The van der Waals surface area contributed by atoms with Gasteiger partial charge in [0.25, 0.3) is 5.91 Å². The van der Waals surface area contributed by atoms with Gasteiger partial charge < -0.3 is 36.6 Å². The number of rotatable bonds is 14. The van der Waals surface area contributed by atoms with Gasteiger partial charge in [0.1, 0.15) is 18.7 Å². The number of nitrogens with zero attached hydrogens (tertiary/aromatic N) is 1. The number of nitrogens with one attached hydrogen (secondary N) is 4. The number of primary amides is 1. The highest BCUT2D eigenvalue weighted by Gasteiger charge is 2.46. The molecule has 4 unspecified atom stereocenters. The van der Waals surface area contributed by atoms with Crippen molar-refractivity contribution >= 4 is 35.6 Å². The number of urea groups is 1. The van der Waals surface area contributed by atoms with Gasteiger partial charge in [-0.1, -0.05) is 73.1 Å². The third kappa shape index (κ3) is 10.8. The number of Topliss-reactive ketones (excluding diaryl/α,β-unsaturated/α-hetero) is 1. The van der Waals surface area contributed by atoms with Crippen molar-refractivity contribution < 1.29 is 33.5 Å². The summed E-state index contributed by atoms with van der Waals surface area (Å²) >= 11 is 0. The summed E-state index contributed by atoms with van der Waals surface area (Å²) < 4.78 is 5.33. The lowest BCUT2D eigenvalue weighted by Crippen LogP contribution is -2.60. The third-order valence-electron chi connectivity index (χ3n) is 10.3. The van der Waals surface area contributed by atoms with E-state index in [1.807, 2.05) is 34.6 Å². The Hall–Kier alpha value is -3.38. The summed E-state index contributed by atoms with van der Waals surface area (Å²) in [5, 5.41) is 11.2. The van der Waals surface area contributed by atoms with Crippen LogP contribution in [0.25, 0.3) is 0 Å². The van der Waals surface area contributed by atoms with E-state index in [0.717, 1.165) is 51.4 Å². The number of alkyl carbamates (subject to hydrolysis) is 1. The van der Waals surface area contributed by atoms with E-state index in [1.54, 1.807) is 11.8 Å². The molecule has 2 saturated carbocycles. The van der Waals surface area contributed by atoms with E-state index in [2.05, 4.69) is 21.3 Å². The van der Waals surface area contributed by atoms with E-state index in [9.17, 15) is 28.8 Å². The van der Waals surface area contributed by atoms with E-state index < -0.39 is 59.3 Å². The second kappa shape index (κ2) is 17.1. The number of hydrogen-bond donors (Lipinski definition) is 5. The van der Waals surface area contributed by atoms with Crippen molar-refractivity contribution in [3.63, 3.8) is 0 Å². The highest BCUT2D eigenvalue weighted by molar-refractivity contribution is 6.37. The van der Waals surface area contributed by atoms with Gasteiger partial charge in [0.2, 0.25) is 17.6 Å². The molecule has 6 amide bonds. The molecule has 266 valence electrons. The van der Waals surface area contributed by atoms with Crippen molar-refractivity contribution in [1.82, 2.24) is 26.2 Å². The van der Waals surface area contributed by atoms with E-state index >= 15 is 0 Å². The molecule has 13 nitrogen and oxygen atoms in total. The normalized spacial score (nSPS) is 22.4. The minimum absolute atomic E-state index is 0.0316. The summed E-state index contributed by atoms with van der Waals surface area (Å²) in [4.78, 5) is 79.9. The molecule has 0 aromatic carbocycles. The van der Waals surface area contributed by atoms with Crippen LogP contribution in [-0.2, 0) is 23.9 Å². The van der Waals surface area contributed by atoms with Crippen molar-refractivity contribution in [2.45, 2.75) is 130 Å². The molecule has 0 aromatic rings. The molecule has 1 heterocycles. The number of carbonyl (C=O) groups is 6. The molecule has 0 radical (unpaired) electrons. The lowest BCUT2D eigenvalue weighted by molar-refractivity contribution is -0.143. The van der Waals surface area contributed by atoms with Crippen molar-refractivity contribution in [3.8, 4) is 0 Å². The molecule has 0 spiro atoms. The number of carbonyl (C=O) groups excluding carboxylic acids is 6. The minimum Gasteiger partial charge on any atom is -0.447 e. The lowest BCUT2D eigenvalue weighted by Gasteiger charge is -2.36. The number of likely N-dealkylation sites (tertiary alicyclic amines) is 1. The molecule has 6 N–H and O–H groups in total. The van der Waals surface area contributed by atoms with Crippen LogP contribution < -0.4 is 27.0 Å². The van der Waals surface area contributed by atoms with Crippen molar-refractivity contribution in [1.29, 1.82) is 0 Å². The summed E-state index contributed by atoms with van der Waals surface area (Å²) in [6.07, 6.45) is 7.48. The molecule has 13 heteroatoms. The first-order chi connectivity index (χ1) is 22.1. The number of amides is 6. The molecule has 3 aliphatic rings. The largest absolute Gasteiger partial charge is 0.447 e. The zero-order valence-electron chi connectivity index (χ0n) is 29.2. The van der Waals surface area contributed by atoms with Crippen molar-refractivity contribution in [3.05, 3.63) is 0 Å². The van der Waals surface area contributed by atoms with Crippen LogP contribution in [0.1, 0.15) is 106 Å². The number of ketones is 1. The zero-order chi connectivity index (χ0) is 34.9. The van der Waals surface area contributed by atoms with Crippen molar-refractivity contribution in [2.24, 2.45) is 34.8 Å². The summed E-state index contributed by atoms with van der Waals surface area (Å²) in [5.41, 5.74) is 4.87. The Balaban J connectivity index is 1.82. The molecular weight excluding hydrogens is 604 g/mol. The summed E-state index contributed by atoms with van der Waals surface area (Å²) in [6, 6.07) is -3.86. The SMILES string of the molecule is CCNC(=O)OCC(NC(=O)NC(C(=O)N1C[C@H](C(C)C)CC1C(=O)NC(CC1CCC1)C(=O)C(N)=O)C1CCCCC1)C(C)(C)C. The fraction of sp³-hybridized carbons (Fsp3) is 0.824. The van der Waals surface area contributed by atoms with E-state index in [-0.39, 0.29) is 36.2 Å². The van der Waals surface area contributed by atoms with Gasteiger partial charge in [-0.15, -0.1) is 0 Å². The molecular formula is C34H58N6O7. The third-order valence-corrected chi connectivity index (χ3v) is 10.3. The van der Waals surface area contributed by atoms with E-state index in [1.165, 1.54) is 0 Å². The van der Waals surface area contributed by atoms with Crippen LogP contribution in [0.2, 0.25) is 0 Å². The Morgan fingerprint density at radius 3 is 2.09 bits per heavy atom. The molecule has 3 fully saturated rings. The highest BCUT2D eigenvalue weighted by Crippen LogP contribution is 2.34. The Kier molecular flexibility index (Phi) is 13.9. The van der Waals surface area contributed by atoms with Crippen LogP contribution in [0, 0.1) is 29.1 Å². The van der Waals surface area contributed by atoms with Gasteiger partial charge in [0, 0.05) is 13.1 Å². The van der Waals surface area contributed by atoms with Crippen LogP contribution in [0.3, 0.4) is 0 Å². The highest BCUT2D eigenvalue weighted by atomic mass is 16.5. The van der Waals surface area contributed by atoms with E-state index in [0.29, 0.717) is 25.9 Å². The molecule has 3 rings (SSSR count). The summed E-state index contributed by atoms with van der Waals surface area (Å²) in [6.45, 7) is 12.3. The van der Waals surface area contributed by atoms with Crippen LogP contribution in [0.5, 0.6) is 0 Å². The number of hydrogen-bond acceptors (Lipinski definition) is 7. The van der Waals surface area contributed by atoms with Crippen LogP contribution in [0.4, 0.5) is 9.59 Å². The maximum absolute atomic E-state index is 14.5. The Labute approximate surface area is 279 Å². The minimum atomic E-state index is -1.09. The summed E-state index contributed by atoms with van der Waals surface area (Å²) in [7, 11) is 0. The Morgan fingerprint density at radius 2 is 1.55 bits per heavy atom. The Morgan fingerprint density at radius 1 is 0.894 bits per heavy atom. The average Bonchev–Trinajstić information content (AvgIpc) is 3.44.